The van der Waals surface area contributed by atoms with Gasteiger partial charge in [-0.25, -0.2) is 9.59 Å². The number of nitrogens with one attached hydrogen (secondary N) is 2. The minimum Gasteiger partial charge on any atom is -0.480 e. The van der Waals surface area contributed by atoms with E-state index in [-0.39, 0.29) is 12.1 Å². The molecule has 5 heteroatoms. The SMILES string of the molecule is CCC1CCCC(NC(=O)NC2(C(=O)O)CCCCC2)C1. The number of carbonyl (C=O) groups excluding carboxylic acids is 1. The molecular formula is C16H28N2O3. The third-order valence-corrected chi connectivity index (χ3v) is 5.16. The largest absolute Gasteiger partial charge is 0.480 e. The molecule has 2 unspecified atom stereocenters. The Balaban J connectivity index is 1.89. The number of carboxylic acid groups (broad SMARTS) is 1. The number of amides is 2. The highest BCUT2D eigenvalue weighted by atomic mass is 16.4. The molecule has 0 aromatic carbocycles. The van der Waals surface area contributed by atoms with Crippen molar-refractivity contribution in [1.29, 1.82) is 0 Å². The van der Waals surface area contributed by atoms with E-state index < -0.39 is 11.5 Å². The molecule has 2 rings (SSSR count). The smallest absolute Gasteiger partial charge is 0.329 e. The Bertz CT molecular complexity index is 378. The maximum atomic E-state index is 12.2. The average molecular weight is 296 g/mol. The molecule has 0 heterocycles. The first-order chi connectivity index (χ1) is 10.1. The Morgan fingerprint density at radius 1 is 1.14 bits per heavy atom. The predicted molar refractivity (Wildman–Crippen MR) is 81.2 cm³/mol. The van der Waals surface area contributed by atoms with Gasteiger partial charge in [0.2, 0.25) is 0 Å². The quantitative estimate of drug-likeness (QED) is 0.746. The molecule has 2 amide bonds. The van der Waals surface area contributed by atoms with Gasteiger partial charge in [0, 0.05) is 6.04 Å². The van der Waals surface area contributed by atoms with Crippen molar-refractivity contribution in [2.24, 2.45) is 5.92 Å². The molecule has 0 radical (unpaired) electrons. The van der Waals surface area contributed by atoms with Gasteiger partial charge in [-0.3, -0.25) is 0 Å². The molecule has 120 valence electrons. The monoisotopic (exact) mass is 296 g/mol. The van der Waals surface area contributed by atoms with Gasteiger partial charge in [0.05, 0.1) is 0 Å². The van der Waals surface area contributed by atoms with E-state index in [0.29, 0.717) is 18.8 Å². The van der Waals surface area contributed by atoms with Gasteiger partial charge in [0.1, 0.15) is 5.54 Å². The van der Waals surface area contributed by atoms with Crippen LogP contribution in [0.3, 0.4) is 0 Å². The van der Waals surface area contributed by atoms with Crippen molar-refractivity contribution < 1.29 is 14.7 Å². The zero-order chi connectivity index (χ0) is 15.3. The Kier molecular flexibility index (Phi) is 5.48. The lowest BCUT2D eigenvalue weighted by molar-refractivity contribution is -0.145. The Hall–Kier alpha value is -1.26. The highest BCUT2D eigenvalue weighted by Gasteiger charge is 2.41. The molecular weight excluding hydrogens is 268 g/mol. The highest BCUT2D eigenvalue weighted by Crippen LogP contribution is 2.29. The van der Waals surface area contributed by atoms with Crippen LogP contribution in [0, 0.1) is 5.92 Å². The summed E-state index contributed by atoms with van der Waals surface area (Å²) < 4.78 is 0. The summed E-state index contributed by atoms with van der Waals surface area (Å²) in [6, 6.07) is -0.112. The molecule has 21 heavy (non-hydrogen) atoms. The Labute approximate surface area is 126 Å². The molecule has 0 aliphatic heterocycles. The predicted octanol–water partition coefficient (Wildman–Crippen LogP) is 3.04. The molecule has 0 aromatic rings. The van der Waals surface area contributed by atoms with E-state index >= 15 is 0 Å². The lowest BCUT2D eigenvalue weighted by Crippen LogP contribution is -2.59. The van der Waals surface area contributed by atoms with Crippen molar-refractivity contribution >= 4 is 12.0 Å². The summed E-state index contributed by atoms with van der Waals surface area (Å²) >= 11 is 0. The van der Waals surface area contributed by atoms with Crippen LogP contribution in [0.4, 0.5) is 4.79 Å². The summed E-state index contributed by atoms with van der Waals surface area (Å²) in [6.45, 7) is 2.19. The molecule has 0 spiro atoms. The van der Waals surface area contributed by atoms with Crippen LogP contribution in [0.2, 0.25) is 0 Å². The number of hydrogen-bond acceptors (Lipinski definition) is 2. The molecule has 3 N–H and O–H groups in total. The number of urea groups is 1. The normalized spacial score (nSPS) is 28.6. The number of carbonyl (C=O) groups is 2. The molecule has 0 bridgehead atoms. The third kappa shape index (κ3) is 4.11. The standard InChI is InChI=1S/C16H28N2O3/c1-2-12-7-6-8-13(11-12)17-15(21)18-16(14(19)20)9-4-3-5-10-16/h12-13H,2-11H2,1H3,(H,19,20)(H2,17,18,21). The fourth-order valence-corrected chi connectivity index (χ4v) is 3.78. The summed E-state index contributed by atoms with van der Waals surface area (Å²) in [5.41, 5.74) is -1.05. The number of aliphatic carboxylic acids is 1. The molecule has 0 saturated heterocycles. The van der Waals surface area contributed by atoms with Gasteiger partial charge in [-0.2, -0.15) is 0 Å². The molecule has 2 saturated carbocycles. The molecule has 5 nitrogen and oxygen atoms in total. The first kappa shape index (κ1) is 16.1. The molecule has 2 fully saturated rings. The van der Waals surface area contributed by atoms with Gasteiger partial charge in [-0.1, -0.05) is 45.4 Å². The molecule has 0 aromatic heterocycles. The van der Waals surface area contributed by atoms with E-state index in [1.54, 1.807) is 0 Å². The summed E-state index contributed by atoms with van der Waals surface area (Å²) in [7, 11) is 0. The molecule has 2 aliphatic carbocycles. The van der Waals surface area contributed by atoms with Crippen molar-refractivity contribution in [3.63, 3.8) is 0 Å². The first-order valence-electron chi connectivity index (χ1n) is 8.38. The summed E-state index contributed by atoms with van der Waals surface area (Å²) in [5.74, 6) is -0.209. The van der Waals surface area contributed by atoms with Gasteiger partial charge < -0.3 is 15.7 Å². The van der Waals surface area contributed by atoms with Crippen LogP contribution in [-0.2, 0) is 4.79 Å². The van der Waals surface area contributed by atoms with E-state index in [1.165, 1.54) is 6.42 Å². The maximum Gasteiger partial charge on any atom is 0.329 e. The molecule has 2 aliphatic rings. The summed E-state index contributed by atoms with van der Waals surface area (Å²) in [6.07, 6.45) is 9.44. The fraction of sp³-hybridized carbons (Fsp3) is 0.875. The van der Waals surface area contributed by atoms with Crippen molar-refractivity contribution in [2.75, 3.05) is 0 Å². The van der Waals surface area contributed by atoms with E-state index in [2.05, 4.69) is 17.6 Å². The molecule has 2 atom stereocenters. The van der Waals surface area contributed by atoms with Gasteiger partial charge in [0.15, 0.2) is 0 Å². The van der Waals surface area contributed by atoms with Gasteiger partial charge in [-0.15, -0.1) is 0 Å². The zero-order valence-electron chi connectivity index (χ0n) is 13.0. The van der Waals surface area contributed by atoms with Crippen LogP contribution in [0.5, 0.6) is 0 Å². The summed E-state index contributed by atoms with van der Waals surface area (Å²) in [4.78, 5) is 23.8. The fourth-order valence-electron chi connectivity index (χ4n) is 3.78. The van der Waals surface area contributed by atoms with Crippen molar-refractivity contribution in [2.45, 2.75) is 82.7 Å². The second-order valence-corrected chi connectivity index (χ2v) is 6.68. The minimum atomic E-state index is -1.05. The van der Waals surface area contributed by atoms with Crippen LogP contribution >= 0.6 is 0 Å². The van der Waals surface area contributed by atoms with E-state index in [4.69, 9.17) is 0 Å². The lowest BCUT2D eigenvalue weighted by Gasteiger charge is -2.35. The van der Waals surface area contributed by atoms with Crippen LogP contribution in [0.15, 0.2) is 0 Å². The average Bonchev–Trinajstić information content (AvgIpc) is 2.48. The van der Waals surface area contributed by atoms with Crippen molar-refractivity contribution in [3.05, 3.63) is 0 Å². The third-order valence-electron chi connectivity index (χ3n) is 5.16. The Morgan fingerprint density at radius 3 is 2.48 bits per heavy atom. The zero-order valence-corrected chi connectivity index (χ0v) is 13.0. The number of rotatable bonds is 4. The second-order valence-electron chi connectivity index (χ2n) is 6.68. The van der Waals surface area contributed by atoms with Gasteiger partial charge in [-0.05, 0) is 31.6 Å². The first-order valence-corrected chi connectivity index (χ1v) is 8.38. The highest BCUT2D eigenvalue weighted by molar-refractivity contribution is 5.86. The van der Waals surface area contributed by atoms with Gasteiger partial charge >= 0.3 is 12.0 Å². The van der Waals surface area contributed by atoms with E-state index in [1.807, 2.05) is 0 Å². The number of carboxylic acids is 1. The van der Waals surface area contributed by atoms with Crippen molar-refractivity contribution in [3.8, 4) is 0 Å². The minimum absolute atomic E-state index is 0.193. The number of hydrogen-bond donors (Lipinski definition) is 3. The van der Waals surface area contributed by atoms with Crippen LogP contribution < -0.4 is 10.6 Å². The van der Waals surface area contributed by atoms with Crippen LogP contribution in [-0.4, -0.2) is 28.7 Å². The van der Waals surface area contributed by atoms with Gasteiger partial charge in [0.25, 0.3) is 0 Å². The topological polar surface area (TPSA) is 78.4 Å². The lowest BCUT2D eigenvalue weighted by atomic mass is 9.81. The van der Waals surface area contributed by atoms with E-state index in [9.17, 15) is 14.7 Å². The summed E-state index contributed by atoms with van der Waals surface area (Å²) in [5, 5.41) is 15.2. The van der Waals surface area contributed by atoms with Crippen LogP contribution in [0.25, 0.3) is 0 Å². The van der Waals surface area contributed by atoms with Crippen molar-refractivity contribution in [1.82, 2.24) is 10.6 Å². The van der Waals surface area contributed by atoms with Crippen LogP contribution in [0.1, 0.15) is 71.1 Å². The van der Waals surface area contributed by atoms with E-state index in [0.717, 1.165) is 44.9 Å². The second kappa shape index (κ2) is 7.14. The Morgan fingerprint density at radius 2 is 1.86 bits per heavy atom. The maximum absolute atomic E-state index is 12.2.